The van der Waals surface area contributed by atoms with E-state index in [1.165, 1.54) is 6.20 Å². The average molecular weight is 487 g/mol. The van der Waals surface area contributed by atoms with Gasteiger partial charge in [-0.05, 0) is 55.8 Å². The number of fused-ring (bicyclic) bond motifs is 1. The molecule has 35 heavy (non-hydrogen) atoms. The van der Waals surface area contributed by atoms with Gasteiger partial charge in [0.1, 0.15) is 0 Å². The Labute approximate surface area is 202 Å². The van der Waals surface area contributed by atoms with Crippen molar-refractivity contribution < 1.29 is 13.2 Å². The second-order valence-electron chi connectivity index (χ2n) is 8.14. The number of carbonyl (C=O) groups is 1. The topological polar surface area (TPSA) is 111 Å². The highest BCUT2D eigenvalue weighted by Crippen LogP contribution is 2.24. The lowest BCUT2D eigenvalue weighted by atomic mass is 10.2. The Morgan fingerprint density at radius 3 is 2.54 bits per heavy atom. The summed E-state index contributed by atoms with van der Waals surface area (Å²) in [4.78, 5) is 21.0. The van der Waals surface area contributed by atoms with E-state index in [0.717, 1.165) is 17.0 Å². The Morgan fingerprint density at radius 1 is 1.00 bits per heavy atom. The summed E-state index contributed by atoms with van der Waals surface area (Å²) < 4.78 is 29.9. The van der Waals surface area contributed by atoms with Gasteiger partial charge in [0.25, 0.3) is 5.91 Å². The fourth-order valence-electron chi connectivity index (χ4n) is 3.81. The standard InChI is InChI=1S/C25H22N6O3S/c1-17-12-18(2)31(29-17)21-4-3-5-23(13-21)35(33,34)22-8-6-19(7-9-22)14-27-24(32)20-15-28-25-26-10-11-30(25)16-20/h3-13,15-16H,14H2,1-2H3,(H,27,32). The SMILES string of the molecule is Cc1cc(C)n(-c2cccc(S(=O)(=O)c3ccc(CNC(=O)c4cnc5nccn5c4)cc3)c2)n1. The zero-order valence-electron chi connectivity index (χ0n) is 19.1. The highest BCUT2D eigenvalue weighted by Gasteiger charge is 2.19. The van der Waals surface area contributed by atoms with Crippen LogP contribution < -0.4 is 5.32 Å². The quantitative estimate of drug-likeness (QED) is 0.394. The maximum atomic E-state index is 13.2. The molecule has 0 radical (unpaired) electrons. The molecule has 1 amide bonds. The molecular formula is C25H22N6O3S. The lowest BCUT2D eigenvalue weighted by Gasteiger charge is -2.10. The molecule has 5 aromatic rings. The minimum Gasteiger partial charge on any atom is -0.348 e. The molecule has 0 spiro atoms. The monoisotopic (exact) mass is 486 g/mol. The number of hydrogen-bond acceptors (Lipinski definition) is 6. The van der Waals surface area contributed by atoms with E-state index in [2.05, 4.69) is 20.4 Å². The molecular weight excluding hydrogens is 464 g/mol. The molecule has 5 rings (SSSR count). The van der Waals surface area contributed by atoms with Gasteiger partial charge in [-0.15, -0.1) is 0 Å². The predicted octanol–water partition coefficient (Wildman–Crippen LogP) is 3.29. The molecule has 9 nitrogen and oxygen atoms in total. The van der Waals surface area contributed by atoms with Crippen molar-refractivity contribution in [2.75, 3.05) is 0 Å². The van der Waals surface area contributed by atoms with Gasteiger partial charge < -0.3 is 5.32 Å². The van der Waals surface area contributed by atoms with Gasteiger partial charge >= 0.3 is 0 Å². The van der Waals surface area contributed by atoms with E-state index in [1.54, 1.807) is 70.1 Å². The lowest BCUT2D eigenvalue weighted by Crippen LogP contribution is -2.23. The summed E-state index contributed by atoms with van der Waals surface area (Å²) in [5.41, 5.74) is 3.63. The summed E-state index contributed by atoms with van der Waals surface area (Å²) in [5, 5.41) is 7.26. The van der Waals surface area contributed by atoms with Crippen molar-refractivity contribution in [3.05, 3.63) is 102 Å². The first-order chi connectivity index (χ1) is 16.8. The van der Waals surface area contributed by atoms with Gasteiger partial charge in [0, 0.05) is 37.0 Å². The second kappa shape index (κ2) is 8.80. The molecule has 0 unspecified atom stereocenters. The van der Waals surface area contributed by atoms with E-state index in [9.17, 15) is 13.2 Å². The molecule has 10 heteroatoms. The number of aromatic nitrogens is 5. The number of imidazole rings is 1. The number of hydrogen-bond donors (Lipinski definition) is 1. The van der Waals surface area contributed by atoms with Crippen LogP contribution in [0.5, 0.6) is 0 Å². The molecule has 0 bridgehead atoms. The summed E-state index contributed by atoms with van der Waals surface area (Å²) in [7, 11) is -3.73. The van der Waals surface area contributed by atoms with Crippen LogP contribution in [0.1, 0.15) is 27.3 Å². The van der Waals surface area contributed by atoms with Crippen LogP contribution in [0, 0.1) is 13.8 Å². The number of carbonyl (C=O) groups excluding carboxylic acids is 1. The first kappa shape index (κ1) is 22.5. The molecule has 0 aliphatic carbocycles. The van der Waals surface area contributed by atoms with Crippen molar-refractivity contribution in [2.45, 2.75) is 30.2 Å². The van der Waals surface area contributed by atoms with Crippen LogP contribution in [0.4, 0.5) is 0 Å². The molecule has 0 fully saturated rings. The zero-order valence-corrected chi connectivity index (χ0v) is 19.9. The van der Waals surface area contributed by atoms with Crippen LogP contribution in [0.15, 0.2) is 89.2 Å². The normalized spacial score (nSPS) is 11.6. The smallest absolute Gasteiger partial charge is 0.254 e. The van der Waals surface area contributed by atoms with Crippen LogP contribution >= 0.6 is 0 Å². The molecule has 1 N–H and O–H groups in total. The Balaban J connectivity index is 1.31. The van der Waals surface area contributed by atoms with Gasteiger partial charge in [-0.3, -0.25) is 9.20 Å². The lowest BCUT2D eigenvalue weighted by molar-refractivity contribution is 0.0950. The van der Waals surface area contributed by atoms with Crippen molar-refractivity contribution >= 4 is 21.5 Å². The van der Waals surface area contributed by atoms with Gasteiger partial charge in [0.15, 0.2) is 0 Å². The number of amides is 1. The largest absolute Gasteiger partial charge is 0.348 e. The van der Waals surface area contributed by atoms with Gasteiger partial charge in [0.05, 0.1) is 26.7 Å². The first-order valence-corrected chi connectivity index (χ1v) is 12.3. The minimum absolute atomic E-state index is 0.174. The third-order valence-corrected chi connectivity index (χ3v) is 7.34. The summed E-state index contributed by atoms with van der Waals surface area (Å²) in [6.07, 6.45) is 6.44. The molecule has 0 aliphatic rings. The van der Waals surface area contributed by atoms with Crippen LogP contribution in [0.25, 0.3) is 11.5 Å². The molecule has 0 atom stereocenters. The molecule has 176 valence electrons. The van der Waals surface area contributed by atoms with Crippen molar-refractivity contribution in [3.8, 4) is 5.69 Å². The minimum atomic E-state index is -3.73. The number of rotatable bonds is 6. The van der Waals surface area contributed by atoms with E-state index >= 15 is 0 Å². The van der Waals surface area contributed by atoms with Gasteiger partial charge in [0.2, 0.25) is 15.6 Å². The molecule has 3 heterocycles. The molecule has 0 saturated heterocycles. The Hall–Kier alpha value is -4.31. The number of aryl methyl sites for hydroxylation is 2. The summed E-state index contributed by atoms with van der Waals surface area (Å²) in [5.74, 6) is 0.226. The summed E-state index contributed by atoms with van der Waals surface area (Å²) in [6, 6.07) is 15.1. The zero-order chi connectivity index (χ0) is 24.6. The van der Waals surface area contributed by atoms with E-state index in [4.69, 9.17) is 0 Å². The van der Waals surface area contributed by atoms with Crippen LogP contribution in [0.2, 0.25) is 0 Å². The molecule has 0 saturated carbocycles. The predicted molar refractivity (Wildman–Crippen MR) is 129 cm³/mol. The van der Waals surface area contributed by atoms with E-state index in [0.29, 0.717) is 17.0 Å². The maximum absolute atomic E-state index is 13.2. The van der Waals surface area contributed by atoms with E-state index in [-0.39, 0.29) is 22.2 Å². The highest BCUT2D eigenvalue weighted by molar-refractivity contribution is 7.91. The average Bonchev–Trinajstić information content (AvgIpc) is 3.47. The molecule has 0 aliphatic heterocycles. The molecule has 3 aromatic heterocycles. The van der Waals surface area contributed by atoms with Crippen LogP contribution in [0.3, 0.4) is 0 Å². The summed E-state index contributed by atoms with van der Waals surface area (Å²) in [6.45, 7) is 4.06. The third-order valence-electron chi connectivity index (χ3n) is 5.58. The Bertz CT molecular complexity index is 1650. The van der Waals surface area contributed by atoms with Crippen molar-refractivity contribution in [1.82, 2.24) is 29.5 Å². The number of sulfone groups is 1. The highest BCUT2D eigenvalue weighted by atomic mass is 32.2. The van der Waals surface area contributed by atoms with E-state index in [1.807, 2.05) is 26.0 Å². The number of benzene rings is 2. The maximum Gasteiger partial charge on any atom is 0.254 e. The first-order valence-electron chi connectivity index (χ1n) is 10.9. The fourth-order valence-corrected chi connectivity index (χ4v) is 5.11. The Kier molecular flexibility index (Phi) is 5.65. The number of nitrogens with one attached hydrogen (secondary N) is 1. The van der Waals surface area contributed by atoms with Crippen LogP contribution in [-0.4, -0.2) is 38.5 Å². The van der Waals surface area contributed by atoms with Gasteiger partial charge in [-0.25, -0.2) is 23.1 Å². The van der Waals surface area contributed by atoms with Crippen molar-refractivity contribution in [2.24, 2.45) is 0 Å². The molecule has 2 aromatic carbocycles. The van der Waals surface area contributed by atoms with Crippen LogP contribution in [-0.2, 0) is 16.4 Å². The number of nitrogens with zero attached hydrogens (tertiary/aromatic N) is 5. The van der Waals surface area contributed by atoms with Gasteiger partial charge in [-0.1, -0.05) is 18.2 Å². The van der Waals surface area contributed by atoms with E-state index < -0.39 is 9.84 Å². The van der Waals surface area contributed by atoms with Gasteiger partial charge in [-0.2, -0.15) is 5.10 Å². The Morgan fingerprint density at radius 2 is 1.80 bits per heavy atom. The van der Waals surface area contributed by atoms with Crippen molar-refractivity contribution in [1.29, 1.82) is 0 Å². The third kappa shape index (κ3) is 4.43. The summed E-state index contributed by atoms with van der Waals surface area (Å²) >= 11 is 0. The van der Waals surface area contributed by atoms with Crippen molar-refractivity contribution in [3.63, 3.8) is 0 Å². The fraction of sp³-hybridized carbons (Fsp3) is 0.120. The second-order valence-corrected chi connectivity index (χ2v) is 10.1.